The van der Waals surface area contributed by atoms with Gasteiger partial charge < -0.3 is 5.32 Å². The molecule has 2 aromatic carbocycles. The SMILES string of the molecule is CCNC(Cc1ccc(Br)cc1Cl)c1cc(I)ccc1Br. The minimum atomic E-state index is 0.234. The Hall–Kier alpha value is 0.380. The van der Waals surface area contributed by atoms with Gasteiger partial charge in [0.15, 0.2) is 0 Å². The molecule has 0 bridgehead atoms. The maximum absolute atomic E-state index is 6.36. The molecule has 1 unspecified atom stereocenters. The van der Waals surface area contributed by atoms with Crippen LogP contribution in [-0.4, -0.2) is 6.54 Å². The Morgan fingerprint density at radius 3 is 2.62 bits per heavy atom. The van der Waals surface area contributed by atoms with Gasteiger partial charge in [0.1, 0.15) is 0 Å². The van der Waals surface area contributed by atoms with Gasteiger partial charge in [0.05, 0.1) is 0 Å². The number of likely N-dealkylation sites (N-methyl/N-ethyl adjacent to an activating group) is 1. The maximum atomic E-state index is 6.36. The van der Waals surface area contributed by atoms with Gasteiger partial charge in [-0.3, -0.25) is 0 Å². The van der Waals surface area contributed by atoms with Crippen LogP contribution in [0.25, 0.3) is 0 Å². The third-order valence-corrected chi connectivity index (χ3v) is 5.46. The van der Waals surface area contributed by atoms with Crippen molar-refractivity contribution >= 4 is 66.1 Å². The first-order valence-electron chi connectivity index (χ1n) is 6.63. The summed E-state index contributed by atoms with van der Waals surface area (Å²) in [7, 11) is 0. The summed E-state index contributed by atoms with van der Waals surface area (Å²) in [6.07, 6.45) is 0.860. The number of halogens is 4. The lowest BCUT2D eigenvalue weighted by Gasteiger charge is -2.21. The van der Waals surface area contributed by atoms with E-state index in [1.165, 1.54) is 9.13 Å². The Bertz CT molecular complexity index is 634. The van der Waals surface area contributed by atoms with Crippen molar-refractivity contribution in [3.63, 3.8) is 0 Å². The first kappa shape index (κ1) is 17.7. The largest absolute Gasteiger partial charge is 0.310 e. The summed E-state index contributed by atoms with van der Waals surface area (Å²) >= 11 is 15.8. The molecule has 21 heavy (non-hydrogen) atoms. The Labute approximate surface area is 161 Å². The molecule has 2 aromatic rings. The first-order chi connectivity index (χ1) is 10.0. The van der Waals surface area contributed by atoms with Crippen LogP contribution in [0.4, 0.5) is 0 Å². The fourth-order valence-electron chi connectivity index (χ4n) is 2.23. The molecule has 0 aliphatic carbocycles. The molecule has 0 fully saturated rings. The zero-order valence-corrected chi connectivity index (χ0v) is 17.6. The van der Waals surface area contributed by atoms with Gasteiger partial charge in [-0.15, -0.1) is 0 Å². The molecular formula is C16H15Br2ClIN. The van der Waals surface area contributed by atoms with Crippen molar-refractivity contribution in [2.75, 3.05) is 6.54 Å². The lowest BCUT2D eigenvalue weighted by atomic mass is 9.99. The van der Waals surface area contributed by atoms with Crippen molar-refractivity contribution in [2.45, 2.75) is 19.4 Å². The standard InChI is InChI=1S/C16H15Br2ClIN/c1-2-21-16(13-9-12(20)5-6-14(13)18)7-10-3-4-11(17)8-15(10)19/h3-6,8-9,16,21H,2,7H2,1H3. The minimum absolute atomic E-state index is 0.234. The second kappa shape index (κ2) is 8.29. The van der Waals surface area contributed by atoms with Gasteiger partial charge >= 0.3 is 0 Å². The average molecular weight is 543 g/mol. The van der Waals surface area contributed by atoms with Crippen molar-refractivity contribution in [1.82, 2.24) is 5.32 Å². The van der Waals surface area contributed by atoms with Gasteiger partial charge in [0, 0.05) is 23.6 Å². The monoisotopic (exact) mass is 541 g/mol. The molecule has 0 amide bonds. The summed E-state index contributed by atoms with van der Waals surface area (Å²) < 4.78 is 3.37. The molecule has 0 aliphatic heterocycles. The predicted molar refractivity (Wildman–Crippen MR) is 106 cm³/mol. The quantitative estimate of drug-likeness (QED) is 0.433. The fraction of sp³-hybridized carbons (Fsp3) is 0.250. The smallest absolute Gasteiger partial charge is 0.0449 e. The summed E-state index contributed by atoms with van der Waals surface area (Å²) in [5, 5.41) is 4.35. The summed E-state index contributed by atoms with van der Waals surface area (Å²) in [5.74, 6) is 0. The average Bonchev–Trinajstić information content (AvgIpc) is 2.44. The molecule has 0 radical (unpaired) electrons. The Morgan fingerprint density at radius 1 is 1.19 bits per heavy atom. The molecule has 0 spiro atoms. The molecule has 0 aliphatic rings. The normalized spacial score (nSPS) is 12.4. The second-order valence-electron chi connectivity index (χ2n) is 4.72. The van der Waals surface area contributed by atoms with Gasteiger partial charge in [-0.2, -0.15) is 0 Å². The highest BCUT2D eigenvalue weighted by atomic mass is 127. The number of rotatable bonds is 5. The Morgan fingerprint density at radius 2 is 1.95 bits per heavy atom. The van der Waals surface area contributed by atoms with Gasteiger partial charge in [0.25, 0.3) is 0 Å². The predicted octanol–water partition coefficient (Wildman–Crippen LogP) is 6.36. The van der Waals surface area contributed by atoms with Crippen molar-refractivity contribution in [1.29, 1.82) is 0 Å². The van der Waals surface area contributed by atoms with Crippen LogP contribution in [0.3, 0.4) is 0 Å². The molecule has 1 N–H and O–H groups in total. The number of hydrogen-bond acceptors (Lipinski definition) is 1. The molecule has 2 rings (SSSR count). The molecule has 0 saturated heterocycles. The van der Waals surface area contributed by atoms with E-state index in [1.54, 1.807) is 0 Å². The van der Waals surface area contributed by atoms with Crippen LogP contribution in [0.5, 0.6) is 0 Å². The zero-order valence-electron chi connectivity index (χ0n) is 11.5. The van der Waals surface area contributed by atoms with Gasteiger partial charge in [-0.25, -0.2) is 0 Å². The van der Waals surface area contributed by atoms with E-state index in [9.17, 15) is 0 Å². The number of nitrogens with one attached hydrogen (secondary N) is 1. The summed E-state index contributed by atoms with van der Waals surface area (Å²) in [6, 6.07) is 12.7. The van der Waals surface area contributed by atoms with Crippen LogP contribution in [0.1, 0.15) is 24.1 Å². The molecule has 1 nitrogen and oxygen atoms in total. The van der Waals surface area contributed by atoms with Crippen molar-refractivity contribution in [3.8, 4) is 0 Å². The van der Waals surface area contributed by atoms with Crippen molar-refractivity contribution in [2.24, 2.45) is 0 Å². The highest BCUT2D eigenvalue weighted by molar-refractivity contribution is 14.1. The molecule has 0 heterocycles. The second-order valence-corrected chi connectivity index (χ2v) is 8.14. The topological polar surface area (TPSA) is 12.0 Å². The fourth-order valence-corrected chi connectivity index (χ4v) is 4.02. The molecule has 5 heteroatoms. The van der Waals surface area contributed by atoms with Gasteiger partial charge in [-0.1, -0.05) is 56.5 Å². The van der Waals surface area contributed by atoms with E-state index in [0.29, 0.717) is 0 Å². The van der Waals surface area contributed by atoms with E-state index in [1.807, 2.05) is 12.1 Å². The summed E-state index contributed by atoms with van der Waals surface area (Å²) in [4.78, 5) is 0. The lowest BCUT2D eigenvalue weighted by Crippen LogP contribution is -2.23. The van der Waals surface area contributed by atoms with E-state index in [4.69, 9.17) is 11.6 Å². The Kier molecular flexibility index (Phi) is 7.00. The maximum Gasteiger partial charge on any atom is 0.0449 e. The number of benzene rings is 2. The minimum Gasteiger partial charge on any atom is -0.310 e. The van der Waals surface area contributed by atoms with Gasteiger partial charge in [-0.05, 0) is 77.0 Å². The van der Waals surface area contributed by atoms with Crippen molar-refractivity contribution < 1.29 is 0 Å². The molecule has 0 aromatic heterocycles. The molecule has 112 valence electrons. The summed E-state index contributed by atoms with van der Waals surface area (Å²) in [5.41, 5.74) is 2.42. The molecule has 1 atom stereocenters. The van der Waals surface area contributed by atoms with Crippen LogP contribution in [-0.2, 0) is 6.42 Å². The van der Waals surface area contributed by atoms with Crippen LogP contribution in [0.2, 0.25) is 5.02 Å². The van der Waals surface area contributed by atoms with Crippen LogP contribution in [0, 0.1) is 3.57 Å². The van der Waals surface area contributed by atoms with E-state index >= 15 is 0 Å². The zero-order chi connectivity index (χ0) is 15.4. The van der Waals surface area contributed by atoms with Crippen LogP contribution >= 0.6 is 66.1 Å². The van der Waals surface area contributed by atoms with E-state index in [2.05, 4.69) is 91.0 Å². The van der Waals surface area contributed by atoms with Crippen LogP contribution in [0.15, 0.2) is 45.3 Å². The van der Waals surface area contributed by atoms with E-state index in [-0.39, 0.29) is 6.04 Å². The van der Waals surface area contributed by atoms with E-state index in [0.717, 1.165) is 32.5 Å². The third kappa shape index (κ3) is 4.93. The van der Waals surface area contributed by atoms with Crippen LogP contribution < -0.4 is 5.32 Å². The Balaban J connectivity index is 2.32. The highest BCUT2D eigenvalue weighted by Crippen LogP contribution is 2.30. The first-order valence-corrected chi connectivity index (χ1v) is 9.67. The molecular weight excluding hydrogens is 528 g/mol. The van der Waals surface area contributed by atoms with E-state index < -0.39 is 0 Å². The molecule has 0 saturated carbocycles. The van der Waals surface area contributed by atoms with Crippen molar-refractivity contribution in [3.05, 3.63) is 65.1 Å². The lowest BCUT2D eigenvalue weighted by molar-refractivity contribution is 0.548. The van der Waals surface area contributed by atoms with Gasteiger partial charge in [0.2, 0.25) is 0 Å². The number of hydrogen-bond donors (Lipinski definition) is 1. The summed E-state index contributed by atoms with van der Waals surface area (Å²) in [6.45, 7) is 3.04. The third-order valence-electron chi connectivity index (χ3n) is 3.22. The highest BCUT2D eigenvalue weighted by Gasteiger charge is 2.16.